The molecular weight excluding hydrogens is 278 g/mol. The van der Waals surface area contributed by atoms with E-state index < -0.39 is 0 Å². The molecule has 2 fully saturated rings. The van der Waals surface area contributed by atoms with Gasteiger partial charge in [0, 0.05) is 45.0 Å². The van der Waals surface area contributed by atoms with E-state index in [4.69, 9.17) is 0 Å². The molecule has 2 atom stereocenters. The van der Waals surface area contributed by atoms with E-state index in [2.05, 4.69) is 15.0 Å². The monoisotopic (exact) mass is 297 g/mol. The lowest BCUT2D eigenvalue weighted by Gasteiger charge is -2.24. The maximum atomic E-state index is 12.4. The number of aryl methyl sites for hydroxylation is 1. The number of carbonyl (C=O) groups is 1. The van der Waals surface area contributed by atoms with Gasteiger partial charge in [0.2, 0.25) is 5.91 Å². The average molecular weight is 297 g/mol. The minimum atomic E-state index is 0.203. The summed E-state index contributed by atoms with van der Waals surface area (Å²) in [7, 11) is 1.88. The van der Waals surface area contributed by atoms with Crippen LogP contribution in [0.1, 0.15) is 18.5 Å². The molecule has 0 N–H and O–H groups in total. The maximum absolute atomic E-state index is 12.4. The van der Waals surface area contributed by atoms with Gasteiger partial charge in [0.25, 0.3) is 0 Å². The number of rotatable bonds is 3. The van der Waals surface area contributed by atoms with E-state index in [1.165, 1.54) is 0 Å². The smallest absolute Gasteiger partial charge is 0.229 e. The summed E-state index contributed by atoms with van der Waals surface area (Å²) < 4.78 is 1.75. The highest BCUT2D eigenvalue weighted by Crippen LogP contribution is 2.36. The number of fused-ring (bicyclic) bond motifs is 1. The summed E-state index contributed by atoms with van der Waals surface area (Å²) in [5.74, 6) is 0.203. The van der Waals surface area contributed by atoms with Gasteiger partial charge in [0.15, 0.2) is 0 Å². The van der Waals surface area contributed by atoms with Crippen LogP contribution in [0.15, 0.2) is 36.8 Å². The standard InChI is InChI=1S/C16H19N5O/c1-19-11-13(9-18-19)21-14-5-7-20(15(14)8-16(21)22)10-12-4-2-3-6-17-12/h2-4,6,9,11,14-15H,5,7-8,10H2,1H3/t14-,15+/m0/s1. The van der Waals surface area contributed by atoms with E-state index in [1.807, 2.05) is 42.5 Å². The van der Waals surface area contributed by atoms with E-state index in [9.17, 15) is 4.79 Å². The van der Waals surface area contributed by atoms with Crippen LogP contribution in [0.5, 0.6) is 0 Å². The Balaban J connectivity index is 1.54. The van der Waals surface area contributed by atoms with Gasteiger partial charge in [-0.05, 0) is 18.6 Å². The predicted octanol–water partition coefficient (Wildman–Crippen LogP) is 1.19. The Labute approximate surface area is 129 Å². The molecule has 0 radical (unpaired) electrons. The molecule has 114 valence electrons. The summed E-state index contributed by atoms with van der Waals surface area (Å²) in [6.45, 7) is 1.83. The summed E-state index contributed by atoms with van der Waals surface area (Å²) in [6, 6.07) is 6.54. The Hall–Kier alpha value is -2.21. The minimum Gasteiger partial charge on any atom is -0.305 e. The van der Waals surface area contributed by atoms with Crippen LogP contribution in [0.25, 0.3) is 0 Å². The number of hydrogen-bond acceptors (Lipinski definition) is 4. The van der Waals surface area contributed by atoms with E-state index >= 15 is 0 Å². The molecule has 0 aromatic carbocycles. The number of amides is 1. The quantitative estimate of drug-likeness (QED) is 0.854. The lowest BCUT2D eigenvalue weighted by Crippen LogP contribution is -2.37. The molecule has 0 unspecified atom stereocenters. The second kappa shape index (κ2) is 5.21. The normalized spacial score (nSPS) is 25.0. The van der Waals surface area contributed by atoms with Crippen molar-refractivity contribution in [3.63, 3.8) is 0 Å². The van der Waals surface area contributed by atoms with Gasteiger partial charge in [0.05, 0.1) is 23.6 Å². The molecule has 0 aliphatic carbocycles. The predicted molar refractivity (Wildman–Crippen MR) is 82.2 cm³/mol. The molecule has 22 heavy (non-hydrogen) atoms. The van der Waals surface area contributed by atoms with Crippen LogP contribution in [0.3, 0.4) is 0 Å². The number of carbonyl (C=O) groups excluding carboxylic acids is 1. The molecular formula is C16H19N5O. The zero-order chi connectivity index (χ0) is 15.1. The summed E-state index contributed by atoms with van der Waals surface area (Å²) in [5, 5.41) is 4.20. The van der Waals surface area contributed by atoms with E-state index in [0.717, 1.165) is 30.9 Å². The topological polar surface area (TPSA) is 54.3 Å². The molecule has 6 nitrogen and oxygen atoms in total. The van der Waals surface area contributed by atoms with Gasteiger partial charge in [-0.15, -0.1) is 0 Å². The van der Waals surface area contributed by atoms with Crippen LogP contribution in [0, 0.1) is 0 Å². The molecule has 4 heterocycles. The zero-order valence-corrected chi connectivity index (χ0v) is 12.6. The molecule has 0 saturated carbocycles. The third-order valence-electron chi connectivity index (χ3n) is 4.67. The highest BCUT2D eigenvalue weighted by atomic mass is 16.2. The highest BCUT2D eigenvalue weighted by molar-refractivity contribution is 5.97. The molecule has 0 bridgehead atoms. The van der Waals surface area contributed by atoms with Gasteiger partial charge in [-0.3, -0.25) is 19.4 Å². The number of aromatic nitrogens is 3. The van der Waals surface area contributed by atoms with Crippen molar-refractivity contribution < 1.29 is 4.79 Å². The summed E-state index contributed by atoms with van der Waals surface area (Å²) in [5.41, 5.74) is 1.98. The number of nitrogens with zero attached hydrogens (tertiary/aromatic N) is 5. The molecule has 2 aromatic rings. The summed E-state index contributed by atoms with van der Waals surface area (Å²) in [4.78, 5) is 21.2. The largest absolute Gasteiger partial charge is 0.305 e. The van der Waals surface area contributed by atoms with Crippen LogP contribution < -0.4 is 4.90 Å². The van der Waals surface area contributed by atoms with Crippen molar-refractivity contribution in [1.82, 2.24) is 19.7 Å². The fourth-order valence-electron chi connectivity index (χ4n) is 3.69. The molecule has 0 spiro atoms. The SMILES string of the molecule is Cn1cc(N2C(=O)C[C@@H]3[C@@H]2CCN3Cc2ccccn2)cn1. The third kappa shape index (κ3) is 2.20. The fraction of sp³-hybridized carbons (Fsp3) is 0.438. The van der Waals surface area contributed by atoms with Gasteiger partial charge in [-0.2, -0.15) is 5.10 Å². The highest BCUT2D eigenvalue weighted by Gasteiger charge is 2.47. The fourth-order valence-corrected chi connectivity index (χ4v) is 3.69. The van der Waals surface area contributed by atoms with Crippen LogP contribution >= 0.6 is 0 Å². The number of pyridine rings is 1. The Bertz CT molecular complexity index is 683. The molecule has 2 aliphatic heterocycles. The third-order valence-corrected chi connectivity index (χ3v) is 4.67. The first-order valence-corrected chi connectivity index (χ1v) is 7.67. The Morgan fingerprint density at radius 1 is 1.32 bits per heavy atom. The van der Waals surface area contributed by atoms with Crippen molar-refractivity contribution in [2.75, 3.05) is 11.4 Å². The van der Waals surface area contributed by atoms with Gasteiger partial charge in [-0.1, -0.05) is 6.07 Å². The minimum absolute atomic E-state index is 0.203. The van der Waals surface area contributed by atoms with E-state index in [1.54, 1.807) is 10.9 Å². The molecule has 1 amide bonds. The Morgan fingerprint density at radius 3 is 2.95 bits per heavy atom. The van der Waals surface area contributed by atoms with Gasteiger partial charge < -0.3 is 4.90 Å². The first kappa shape index (κ1) is 13.5. The summed E-state index contributed by atoms with van der Waals surface area (Å²) >= 11 is 0. The Kier molecular flexibility index (Phi) is 3.18. The second-order valence-corrected chi connectivity index (χ2v) is 6.05. The second-order valence-electron chi connectivity index (χ2n) is 6.05. The number of hydrogen-bond donors (Lipinski definition) is 0. The molecule has 4 rings (SSSR count). The molecule has 2 aliphatic rings. The van der Waals surface area contributed by atoms with Gasteiger partial charge in [0.1, 0.15) is 0 Å². The van der Waals surface area contributed by atoms with Crippen molar-refractivity contribution in [2.45, 2.75) is 31.5 Å². The van der Waals surface area contributed by atoms with Gasteiger partial charge >= 0.3 is 0 Å². The first-order valence-electron chi connectivity index (χ1n) is 7.67. The maximum Gasteiger partial charge on any atom is 0.229 e. The van der Waals surface area contributed by atoms with Crippen molar-refractivity contribution in [2.24, 2.45) is 7.05 Å². The Morgan fingerprint density at radius 2 is 2.23 bits per heavy atom. The molecule has 6 heteroatoms. The van der Waals surface area contributed by atoms with Crippen molar-refractivity contribution in [3.8, 4) is 0 Å². The van der Waals surface area contributed by atoms with Crippen LogP contribution in [0.4, 0.5) is 5.69 Å². The number of likely N-dealkylation sites (tertiary alicyclic amines) is 1. The van der Waals surface area contributed by atoms with Crippen molar-refractivity contribution in [3.05, 3.63) is 42.5 Å². The lowest BCUT2D eigenvalue weighted by molar-refractivity contribution is -0.117. The average Bonchev–Trinajstić information content (AvgIpc) is 3.17. The first-order chi connectivity index (χ1) is 10.7. The molecule has 2 saturated heterocycles. The number of anilines is 1. The lowest BCUT2D eigenvalue weighted by atomic mass is 10.1. The van der Waals surface area contributed by atoms with Crippen molar-refractivity contribution >= 4 is 11.6 Å². The van der Waals surface area contributed by atoms with Crippen LogP contribution in [-0.4, -0.2) is 44.2 Å². The van der Waals surface area contributed by atoms with E-state index in [-0.39, 0.29) is 18.0 Å². The summed E-state index contributed by atoms with van der Waals surface area (Å²) in [6.07, 6.45) is 7.12. The van der Waals surface area contributed by atoms with Gasteiger partial charge in [-0.25, -0.2) is 0 Å². The van der Waals surface area contributed by atoms with Crippen LogP contribution in [-0.2, 0) is 18.4 Å². The van der Waals surface area contributed by atoms with Crippen molar-refractivity contribution in [1.29, 1.82) is 0 Å². The zero-order valence-electron chi connectivity index (χ0n) is 12.6. The molecule has 2 aromatic heterocycles. The van der Waals surface area contributed by atoms with Crippen LogP contribution in [0.2, 0.25) is 0 Å². The van der Waals surface area contributed by atoms with E-state index in [0.29, 0.717) is 6.42 Å².